The molecular weight excluding hydrogens is 633 g/mol. The predicted molar refractivity (Wildman–Crippen MR) is 215 cm³/mol. The highest BCUT2D eigenvalue weighted by Crippen LogP contribution is 2.57. The van der Waals surface area contributed by atoms with Crippen LogP contribution in [0.4, 0.5) is 0 Å². The molecule has 0 radical (unpaired) electrons. The first-order chi connectivity index (χ1) is 25.6. The molecule has 0 fully saturated rings. The number of para-hydroxylation sites is 4. The Morgan fingerprint density at radius 3 is 1.62 bits per heavy atom. The number of rotatable bonds is 4. The highest BCUT2D eigenvalue weighted by molar-refractivity contribution is 6.11. The predicted octanol–water partition coefficient (Wildman–Crippen LogP) is 12.0. The quantitative estimate of drug-likeness (QED) is 0.184. The summed E-state index contributed by atoms with van der Waals surface area (Å²) in [6.07, 6.45) is 3.77. The first-order valence-corrected chi connectivity index (χ1v) is 18.0. The summed E-state index contributed by atoms with van der Waals surface area (Å²) in [6, 6.07) is 57.5. The van der Waals surface area contributed by atoms with E-state index >= 15 is 0 Å². The molecule has 1 aliphatic rings. The van der Waals surface area contributed by atoms with Crippen LogP contribution in [0.2, 0.25) is 0 Å². The second-order valence-electron chi connectivity index (χ2n) is 14.5. The molecule has 4 heteroatoms. The number of benzene rings is 6. The Kier molecular flexibility index (Phi) is 5.98. The van der Waals surface area contributed by atoms with Crippen LogP contribution < -0.4 is 0 Å². The molecule has 4 aromatic heterocycles. The van der Waals surface area contributed by atoms with Crippen LogP contribution in [0.3, 0.4) is 0 Å². The first kappa shape index (κ1) is 29.1. The molecule has 6 aromatic carbocycles. The van der Waals surface area contributed by atoms with Gasteiger partial charge >= 0.3 is 0 Å². The van der Waals surface area contributed by atoms with E-state index in [0.29, 0.717) is 0 Å². The normalized spacial score (nSPS) is 13.3. The van der Waals surface area contributed by atoms with Crippen molar-refractivity contribution in [3.8, 4) is 39.6 Å². The van der Waals surface area contributed by atoms with E-state index in [0.717, 1.165) is 11.4 Å². The lowest BCUT2D eigenvalue weighted by Gasteiger charge is -2.20. The summed E-state index contributed by atoms with van der Waals surface area (Å²) >= 11 is 0. The Balaban J connectivity index is 1.16. The lowest BCUT2D eigenvalue weighted by atomic mass is 9.81. The van der Waals surface area contributed by atoms with Crippen molar-refractivity contribution in [1.82, 2.24) is 18.7 Å². The van der Waals surface area contributed by atoms with Gasteiger partial charge in [0.15, 0.2) is 0 Å². The van der Waals surface area contributed by atoms with Gasteiger partial charge in [-0.2, -0.15) is 0 Å². The summed E-state index contributed by atoms with van der Waals surface area (Å²) in [6.45, 7) is 4.81. The second-order valence-corrected chi connectivity index (χ2v) is 14.5. The van der Waals surface area contributed by atoms with E-state index in [2.05, 4.69) is 184 Å². The van der Waals surface area contributed by atoms with Gasteiger partial charge in [-0.15, -0.1) is 0 Å². The minimum atomic E-state index is -0.208. The third-order valence-electron chi connectivity index (χ3n) is 11.3. The molecule has 11 rings (SSSR count). The molecule has 0 atom stereocenters. The standard InChI is InChI=1S/C48H34N4/c1-48(2)44-37-20-7-10-23-41(37)51(33-15-4-3-5-16-33)46(44)47-45(48)38-21-8-11-24-42(38)52(47)34-17-12-14-31(28-34)32-25-26-43-39(29-32)36-19-6-9-22-40(36)50(43)35-18-13-27-49-30-35/h3-30H,1-2H3. The summed E-state index contributed by atoms with van der Waals surface area (Å²) in [5.41, 5.74) is 15.7. The largest absolute Gasteiger partial charge is 0.308 e. The van der Waals surface area contributed by atoms with Crippen molar-refractivity contribution in [2.75, 3.05) is 0 Å². The Morgan fingerprint density at radius 1 is 0.404 bits per heavy atom. The van der Waals surface area contributed by atoms with Crippen LogP contribution in [0.15, 0.2) is 170 Å². The van der Waals surface area contributed by atoms with E-state index in [9.17, 15) is 0 Å². The summed E-state index contributed by atoms with van der Waals surface area (Å²) in [4.78, 5) is 4.43. The van der Waals surface area contributed by atoms with Crippen molar-refractivity contribution in [3.05, 3.63) is 181 Å². The summed E-state index contributed by atoms with van der Waals surface area (Å²) in [5.74, 6) is 0. The lowest BCUT2D eigenvalue weighted by molar-refractivity contribution is 0.672. The Labute approximate surface area is 301 Å². The zero-order valence-corrected chi connectivity index (χ0v) is 29.0. The molecule has 10 aromatic rings. The molecule has 0 saturated heterocycles. The van der Waals surface area contributed by atoms with Crippen LogP contribution in [0.5, 0.6) is 0 Å². The third kappa shape index (κ3) is 3.89. The number of hydrogen-bond donors (Lipinski definition) is 0. The van der Waals surface area contributed by atoms with Crippen molar-refractivity contribution in [2.24, 2.45) is 0 Å². The monoisotopic (exact) mass is 666 g/mol. The summed E-state index contributed by atoms with van der Waals surface area (Å²) in [7, 11) is 0. The van der Waals surface area contributed by atoms with Crippen LogP contribution in [0.1, 0.15) is 25.0 Å². The van der Waals surface area contributed by atoms with Gasteiger partial charge < -0.3 is 13.7 Å². The smallest absolute Gasteiger partial charge is 0.0753 e. The number of pyridine rings is 1. The maximum atomic E-state index is 4.43. The van der Waals surface area contributed by atoms with Crippen molar-refractivity contribution in [3.63, 3.8) is 0 Å². The molecule has 0 N–H and O–H groups in total. The first-order valence-electron chi connectivity index (χ1n) is 18.0. The van der Waals surface area contributed by atoms with Crippen molar-refractivity contribution in [2.45, 2.75) is 19.3 Å². The van der Waals surface area contributed by atoms with E-state index in [1.54, 1.807) is 0 Å². The van der Waals surface area contributed by atoms with Crippen LogP contribution in [0.25, 0.3) is 83.2 Å². The van der Waals surface area contributed by atoms with Crippen LogP contribution in [-0.4, -0.2) is 18.7 Å². The molecule has 1 aliphatic carbocycles. The van der Waals surface area contributed by atoms with Crippen molar-refractivity contribution in [1.29, 1.82) is 0 Å². The van der Waals surface area contributed by atoms with Gasteiger partial charge in [0.05, 0.1) is 45.3 Å². The highest BCUT2D eigenvalue weighted by Gasteiger charge is 2.45. The van der Waals surface area contributed by atoms with Gasteiger partial charge in [-0.05, 0) is 89.0 Å². The Bertz CT molecular complexity index is 3030. The molecule has 4 nitrogen and oxygen atoms in total. The molecule has 0 spiro atoms. The molecule has 246 valence electrons. The topological polar surface area (TPSA) is 27.7 Å². The van der Waals surface area contributed by atoms with Gasteiger partial charge in [0, 0.05) is 44.5 Å². The summed E-state index contributed by atoms with van der Waals surface area (Å²) < 4.78 is 7.33. The maximum absolute atomic E-state index is 4.43. The fraction of sp³-hybridized carbons (Fsp3) is 0.0625. The Hall–Kier alpha value is -6.65. The molecule has 0 aliphatic heterocycles. The molecule has 0 unspecified atom stereocenters. The van der Waals surface area contributed by atoms with Crippen LogP contribution >= 0.6 is 0 Å². The fourth-order valence-corrected chi connectivity index (χ4v) is 9.17. The highest BCUT2D eigenvalue weighted by atomic mass is 15.1. The van der Waals surface area contributed by atoms with Gasteiger partial charge in [-0.1, -0.05) is 105 Å². The number of hydrogen-bond acceptors (Lipinski definition) is 1. The Morgan fingerprint density at radius 2 is 0.942 bits per heavy atom. The van der Waals surface area contributed by atoms with Gasteiger partial charge in [-0.3, -0.25) is 4.98 Å². The SMILES string of the molecule is CC1(C)c2c(n(-c3ccccc3)c3ccccc23)-c2c1c1ccccc1n2-c1cccc(-c2ccc3c(c2)c2ccccc2n3-c2cccnc2)c1. The molecule has 0 saturated carbocycles. The number of aromatic nitrogens is 4. The minimum absolute atomic E-state index is 0.208. The average molecular weight is 667 g/mol. The fourth-order valence-electron chi connectivity index (χ4n) is 9.17. The van der Waals surface area contributed by atoms with Gasteiger partial charge in [0.25, 0.3) is 0 Å². The molecule has 0 amide bonds. The van der Waals surface area contributed by atoms with Crippen molar-refractivity contribution >= 4 is 43.6 Å². The third-order valence-corrected chi connectivity index (χ3v) is 11.3. The van der Waals surface area contributed by atoms with E-state index in [1.807, 2.05) is 18.5 Å². The average Bonchev–Trinajstić information content (AvgIpc) is 3.90. The van der Waals surface area contributed by atoms with Crippen LogP contribution in [0, 0.1) is 0 Å². The van der Waals surface area contributed by atoms with E-state index < -0.39 is 0 Å². The number of fused-ring (bicyclic) bond motifs is 10. The minimum Gasteiger partial charge on any atom is -0.308 e. The van der Waals surface area contributed by atoms with Gasteiger partial charge in [-0.25, -0.2) is 0 Å². The van der Waals surface area contributed by atoms with Gasteiger partial charge in [0.2, 0.25) is 0 Å². The molecular formula is C48H34N4. The maximum Gasteiger partial charge on any atom is 0.0753 e. The van der Waals surface area contributed by atoms with Gasteiger partial charge in [0.1, 0.15) is 0 Å². The molecule has 0 bridgehead atoms. The zero-order chi connectivity index (χ0) is 34.6. The molecule has 52 heavy (non-hydrogen) atoms. The number of nitrogens with zero attached hydrogens (tertiary/aromatic N) is 4. The second kappa shape index (κ2) is 10.7. The molecule has 4 heterocycles. The lowest BCUT2D eigenvalue weighted by Crippen LogP contribution is -2.14. The summed E-state index contributed by atoms with van der Waals surface area (Å²) in [5, 5.41) is 5.08. The van der Waals surface area contributed by atoms with Crippen LogP contribution in [-0.2, 0) is 5.41 Å². The zero-order valence-electron chi connectivity index (χ0n) is 29.0. The van der Waals surface area contributed by atoms with Crippen molar-refractivity contribution < 1.29 is 0 Å². The van der Waals surface area contributed by atoms with E-state index in [4.69, 9.17) is 0 Å². The van der Waals surface area contributed by atoms with E-state index in [-0.39, 0.29) is 5.41 Å². The van der Waals surface area contributed by atoms with E-state index in [1.165, 1.54) is 82.9 Å².